The van der Waals surface area contributed by atoms with E-state index in [9.17, 15) is 19.4 Å². The zero-order chi connectivity index (χ0) is 16.3. The van der Waals surface area contributed by atoms with E-state index >= 15 is 0 Å². The van der Waals surface area contributed by atoms with E-state index in [4.69, 9.17) is 0 Å². The second kappa shape index (κ2) is 6.79. The summed E-state index contributed by atoms with van der Waals surface area (Å²) in [5.74, 6) is 4.04. The number of hydrogen-bond donors (Lipinski definition) is 3. The Balaban J connectivity index is 2.37. The molecule has 22 heavy (non-hydrogen) atoms. The zero-order valence-electron chi connectivity index (χ0n) is 12.3. The Morgan fingerprint density at radius 2 is 2.14 bits per heavy atom. The van der Waals surface area contributed by atoms with E-state index < -0.39 is 30.0 Å². The van der Waals surface area contributed by atoms with Gasteiger partial charge in [-0.1, -0.05) is 18.8 Å². The van der Waals surface area contributed by atoms with Crippen LogP contribution in [0.15, 0.2) is 23.2 Å². The van der Waals surface area contributed by atoms with Crippen LogP contribution in [0, 0.1) is 17.7 Å². The summed E-state index contributed by atoms with van der Waals surface area (Å²) in [6, 6.07) is 3.18. The first-order chi connectivity index (χ1) is 10.4. The minimum atomic E-state index is -1.17. The highest BCUT2D eigenvalue weighted by molar-refractivity contribution is 6.21. The Morgan fingerprint density at radius 1 is 1.41 bits per heavy atom. The number of aliphatic hydroxyl groups is 2. The molecule has 1 amide bonds. The van der Waals surface area contributed by atoms with E-state index in [0.717, 1.165) is 0 Å². The molecule has 5 nitrogen and oxygen atoms in total. The normalized spacial score (nSPS) is 17.1. The van der Waals surface area contributed by atoms with E-state index in [-0.39, 0.29) is 5.57 Å². The first kappa shape index (κ1) is 16.3. The highest BCUT2D eigenvalue weighted by atomic mass is 19.1. The van der Waals surface area contributed by atoms with E-state index in [1.807, 2.05) is 6.92 Å². The number of carbonyl (C=O) groups excluding carboxylic acids is 1. The molecule has 1 aliphatic rings. The molecule has 1 aromatic carbocycles. The monoisotopic (exact) mass is 304 g/mol. The van der Waals surface area contributed by atoms with Crippen LogP contribution in [0.4, 0.5) is 4.39 Å². The van der Waals surface area contributed by atoms with Crippen molar-refractivity contribution in [3.63, 3.8) is 0 Å². The van der Waals surface area contributed by atoms with Gasteiger partial charge in [-0.25, -0.2) is 9.38 Å². The van der Waals surface area contributed by atoms with Gasteiger partial charge in [0.2, 0.25) is 0 Å². The number of nitrogens with zero attached hydrogens (tertiary/aromatic N) is 1. The van der Waals surface area contributed by atoms with Crippen molar-refractivity contribution in [2.45, 2.75) is 32.1 Å². The molecule has 0 saturated carbocycles. The van der Waals surface area contributed by atoms with Crippen LogP contribution in [-0.2, 0) is 4.79 Å². The smallest absolute Gasteiger partial charge is 0.286 e. The molecule has 0 aliphatic carbocycles. The van der Waals surface area contributed by atoms with Gasteiger partial charge < -0.3 is 15.5 Å². The number of fused-ring (bicyclic) bond motifs is 1. The second-order valence-corrected chi connectivity index (χ2v) is 4.99. The third-order valence-electron chi connectivity index (χ3n) is 3.31. The Labute approximate surface area is 127 Å². The predicted octanol–water partition coefficient (Wildman–Crippen LogP) is -1.14. The third kappa shape index (κ3) is 3.39. The molecule has 0 aromatic heterocycles. The number of aliphatic hydroxyl groups excluding tert-OH is 2. The van der Waals surface area contributed by atoms with Gasteiger partial charge in [-0.05, 0) is 31.7 Å². The van der Waals surface area contributed by atoms with Crippen LogP contribution in [0.2, 0.25) is 0 Å². The highest BCUT2D eigenvalue weighted by Gasteiger charge is 2.22. The molecule has 1 aromatic rings. The van der Waals surface area contributed by atoms with Gasteiger partial charge in [0.25, 0.3) is 5.91 Å². The van der Waals surface area contributed by atoms with Crippen molar-refractivity contribution in [2.24, 2.45) is 4.99 Å². The van der Waals surface area contributed by atoms with Crippen LogP contribution in [0.1, 0.15) is 13.8 Å². The molecule has 0 bridgehead atoms. The molecule has 3 atom stereocenters. The Hall–Kier alpha value is -2.07. The van der Waals surface area contributed by atoms with Gasteiger partial charge in [0.1, 0.15) is 17.5 Å². The van der Waals surface area contributed by atoms with Crippen molar-refractivity contribution in [1.29, 1.82) is 0 Å². The quantitative estimate of drug-likeness (QED) is 0.614. The van der Waals surface area contributed by atoms with Gasteiger partial charge in [-0.2, -0.15) is 0 Å². The highest BCUT2D eigenvalue weighted by Crippen LogP contribution is 2.03. The maximum Gasteiger partial charge on any atom is 0.286 e. The lowest BCUT2D eigenvalue weighted by Crippen LogP contribution is -2.46. The lowest BCUT2D eigenvalue weighted by molar-refractivity contribution is -0.112. The molecule has 0 fully saturated rings. The fourth-order valence-corrected chi connectivity index (χ4v) is 2.22. The number of carbonyl (C=O) groups is 1. The Morgan fingerprint density at radius 3 is 2.77 bits per heavy atom. The molecule has 0 unspecified atom stereocenters. The standard InChI is InChI=1S/C16H17FN2O3/c1-3-18-15(9(2)20)14(21)7-5-11-12-8-10(17)4-6-13(12)19-16(11)22/h4,6,8-9,14-15,18,20-21H,3H2,1-2H3/t9-,14-,15+/m1/s1. The number of rotatable bonds is 4. The van der Waals surface area contributed by atoms with E-state index in [2.05, 4.69) is 22.2 Å². The molecular formula is C16H17FN2O3. The largest absolute Gasteiger partial charge is 0.392 e. The molecule has 116 valence electrons. The van der Waals surface area contributed by atoms with Crippen LogP contribution in [0.25, 0.3) is 5.57 Å². The molecule has 1 aliphatic heterocycles. The molecule has 0 spiro atoms. The van der Waals surface area contributed by atoms with Gasteiger partial charge in [0, 0.05) is 5.22 Å². The van der Waals surface area contributed by atoms with Crippen LogP contribution < -0.4 is 15.9 Å². The summed E-state index contributed by atoms with van der Waals surface area (Å²) in [6.45, 7) is 3.92. The summed E-state index contributed by atoms with van der Waals surface area (Å²) in [5.41, 5.74) is 0.0504. The minimum Gasteiger partial charge on any atom is -0.392 e. The first-order valence-electron chi connectivity index (χ1n) is 6.98. The Kier molecular flexibility index (Phi) is 5.03. The fraction of sp³-hybridized carbons (Fsp3) is 0.375. The van der Waals surface area contributed by atoms with E-state index in [0.29, 0.717) is 17.1 Å². The predicted molar refractivity (Wildman–Crippen MR) is 78.5 cm³/mol. The molecule has 1 heterocycles. The minimum absolute atomic E-state index is 0.0504. The number of halogens is 1. The fourth-order valence-electron chi connectivity index (χ4n) is 2.22. The van der Waals surface area contributed by atoms with Gasteiger partial charge >= 0.3 is 0 Å². The van der Waals surface area contributed by atoms with Crippen molar-refractivity contribution in [1.82, 2.24) is 5.32 Å². The van der Waals surface area contributed by atoms with Crippen molar-refractivity contribution in [3.05, 3.63) is 34.6 Å². The summed E-state index contributed by atoms with van der Waals surface area (Å²) < 4.78 is 13.3. The SMILES string of the molecule is CCN[C@H]([C@H](O)C#CC1=c2cc(F)ccc2=NC1=O)[C@@H](C)O. The van der Waals surface area contributed by atoms with Crippen molar-refractivity contribution >= 4 is 11.5 Å². The molecule has 2 rings (SSSR count). The summed E-state index contributed by atoms with van der Waals surface area (Å²) in [4.78, 5) is 15.6. The van der Waals surface area contributed by atoms with Crippen molar-refractivity contribution in [2.75, 3.05) is 6.54 Å². The number of amides is 1. The topological polar surface area (TPSA) is 81.9 Å². The maximum absolute atomic E-state index is 13.3. The number of likely N-dealkylation sites (N-methyl/N-ethyl adjacent to an activating group) is 1. The average molecular weight is 304 g/mol. The van der Waals surface area contributed by atoms with Crippen LogP contribution in [0.5, 0.6) is 0 Å². The third-order valence-corrected chi connectivity index (χ3v) is 3.31. The molecular weight excluding hydrogens is 287 g/mol. The molecule has 3 N–H and O–H groups in total. The van der Waals surface area contributed by atoms with Gasteiger partial charge in [0.15, 0.2) is 0 Å². The first-order valence-corrected chi connectivity index (χ1v) is 6.98. The average Bonchev–Trinajstić information content (AvgIpc) is 2.77. The van der Waals surface area contributed by atoms with Gasteiger partial charge in [-0.15, -0.1) is 0 Å². The van der Waals surface area contributed by atoms with Crippen LogP contribution in [0.3, 0.4) is 0 Å². The van der Waals surface area contributed by atoms with Crippen LogP contribution in [-0.4, -0.2) is 40.9 Å². The maximum atomic E-state index is 13.3. The number of hydrogen-bond acceptors (Lipinski definition) is 4. The van der Waals surface area contributed by atoms with Crippen LogP contribution >= 0.6 is 0 Å². The summed E-state index contributed by atoms with van der Waals surface area (Å²) >= 11 is 0. The summed E-state index contributed by atoms with van der Waals surface area (Å²) in [6.07, 6.45) is -1.99. The molecule has 0 saturated heterocycles. The number of nitrogens with one attached hydrogen (secondary N) is 1. The van der Waals surface area contributed by atoms with E-state index in [1.54, 1.807) is 0 Å². The Bertz CT molecular complexity index is 762. The lowest BCUT2D eigenvalue weighted by atomic mass is 10.1. The molecule has 0 radical (unpaired) electrons. The van der Waals surface area contributed by atoms with Crippen molar-refractivity contribution < 1.29 is 19.4 Å². The summed E-state index contributed by atoms with van der Waals surface area (Å²) in [7, 11) is 0. The lowest BCUT2D eigenvalue weighted by Gasteiger charge is -2.22. The van der Waals surface area contributed by atoms with Crippen molar-refractivity contribution in [3.8, 4) is 11.8 Å². The summed E-state index contributed by atoms with van der Waals surface area (Å²) in [5, 5.41) is 23.3. The molecule has 6 heteroatoms. The van der Waals surface area contributed by atoms with E-state index in [1.165, 1.54) is 25.1 Å². The zero-order valence-corrected chi connectivity index (χ0v) is 12.3. The second-order valence-electron chi connectivity index (χ2n) is 4.99. The van der Waals surface area contributed by atoms with Gasteiger partial charge in [0.05, 0.1) is 17.5 Å². The number of benzene rings is 1. The van der Waals surface area contributed by atoms with Gasteiger partial charge in [-0.3, -0.25) is 4.79 Å².